The predicted octanol–water partition coefficient (Wildman–Crippen LogP) is 4.71. The number of nitrogens with zero attached hydrogens (tertiary/aromatic N) is 4. The number of anilines is 1. The van der Waals surface area contributed by atoms with Crippen molar-refractivity contribution >= 4 is 45.7 Å². The van der Waals surface area contributed by atoms with Crippen LogP contribution in [0.3, 0.4) is 0 Å². The number of thioether (sulfide) groups is 1. The molecular formula is C26H19FN4O5S2. The Hall–Kier alpha value is -4.29. The number of carbonyl (C=O) groups excluding carboxylic acids is 2. The van der Waals surface area contributed by atoms with E-state index in [1.165, 1.54) is 67.7 Å². The summed E-state index contributed by atoms with van der Waals surface area (Å²) in [5, 5.41) is 29.6. The summed E-state index contributed by atoms with van der Waals surface area (Å²) >= 11 is 2.30. The molecule has 0 bridgehead atoms. The Labute approximate surface area is 224 Å². The lowest BCUT2D eigenvalue weighted by Crippen LogP contribution is -2.29. The first-order valence-corrected chi connectivity index (χ1v) is 13.0. The largest absolute Gasteiger partial charge is 0.507 e. The maximum atomic E-state index is 14.0. The molecule has 4 aromatic rings. The van der Waals surface area contributed by atoms with Crippen LogP contribution < -0.4 is 9.64 Å². The normalized spacial score (nSPS) is 16.7. The lowest BCUT2D eigenvalue weighted by atomic mass is 9.95. The van der Waals surface area contributed by atoms with Crippen LogP contribution in [0, 0.1) is 5.82 Å². The Balaban J connectivity index is 1.57. The van der Waals surface area contributed by atoms with E-state index >= 15 is 0 Å². The standard InChI is InChI=1S/C26H19FN4O5S2/c1-36-19-12-15(6-7-18(19)32)21-20(22(33)14-8-10-28-11-9-14)23(34)24(35)31(21)25-29-30-26(38-25)37-13-16-4-2-3-5-17(16)27/h2-12,21,32-33H,13H2,1H3. The molecule has 0 saturated carbocycles. The monoisotopic (exact) mass is 550 g/mol. The van der Waals surface area contributed by atoms with Crippen LogP contribution >= 0.6 is 23.1 Å². The van der Waals surface area contributed by atoms with Crippen LogP contribution in [-0.2, 0) is 15.3 Å². The van der Waals surface area contributed by atoms with Crippen LogP contribution in [0.1, 0.15) is 22.7 Å². The van der Waals surface area contributed by atoms with E-state index in [9.17, 15) is 24.2 Å². The summed E-state index contributed by atoms with van der Waals surface area (Å²) in [4.78, 5) is 31.7. The molecule has 2 aromatic carbocycles. The Bertz CT molecular complexity index is 1560. The van der Waals surface area contributed by atoms with Gasteiger partial charge in [0.25, 0.3) is 5.78 Å². The number of carbonyl (C=O) groups is 2. The minimum Gasteiger partial charge on any atom is -0.507 e. The molecule has 0 radical (unpaired) electrons. The fourth-order valence-electron chi connectivity index (χ4n) is 3.99. The first-order valence-electron chi connectivity index (χ1n) is 11.2. The molecule has 1 aliphatic rings. The Kier molecular flexibility index (Phi) is 7.07. The van der Waals surface area contributed by atoms with Gasteiger partial charge in [-0.05, 0) is 41.5 Å². The summed E-state index contributed by atoms with van der Waals surface area (Å²) in [6, 6.07) is 12.7. The quantitative estimate of drug-likeness (QED) is 0.111. The molecule has 1 aliphatic heterocycles. The zero-order valence-corrected chi connectivity index (χ0v) is 21.4. The summed E-state index contributed by atoms with van der Waals surface area (Å²) in [7, 11) is 1.37. The second-order valence-electron chi connectivity index (χ2n) is 8.07. The van der Waals surface area contributed by atoms with Crippen LogP contribution in [0.4, 0.5) is 9.52 Å². The summed E-state index contributed by atoms with van der Waals surface area (Å²) in [6.07, 6.45) is 2.90. The number of ether oxygens (including phenoxy) is 1. The summed E-state index contributed by atoms with van der Waals surface area (Å²) in [5.41, 5.74) is 1.02. The SMILES string of the molecule is COc1cc(C2C(=C(O)c3ccncc3)C(=O)C(=O)N2c2nnc(SCc3ccccc3F)s2)ccc1O. The third kappa shape index (κ3) is 4.71. The number of amides is 1. The number of methoxy groups -OCH3 is 1. The number of ketones is 1. The number of benzene rings is 2. The van der Waals surface area contributed by atoms with E-state index in [1.54, 1.807) is 18.2 Å². The van der Waals surface area contributed by atoms with Gasteiger partial charge in [-0.2, -0.15) is 0 Å². The third-order valence-corrected chi connectivity index (χ3v) is 7.93. The molecule has 1 atom stereocenters. The highest BCUT2D eigenvalue weighted by Crippen LogP contribution is 2.45. The van der Waals surface area contributed by atoms with Gasteiger partial charge in [-0.25, -0.2) is 4.39 Å². The minimum atomic E-state index is -1.09. The highest BCUT2D eigenvalue weighted by atomic mass is 32.2. The molecule has 192 valence electrons. The number of halogens is 1. The Morgan fingerprint density at radius 2 is 1.89 bits per heavy atom. The van der Waals surface area contributed by atoms with Crippen LogP contribution in [0.5, 0.6) is 11.5 Å². The van der Waals surface area contributed by atoms with Gasteiger partial charge >= 0.3 is 5.91 Å². The van der Waals surface area contributed by atoms with Crippen LogP contribution in [0.2, 0.25) is 0 Å². The maximum absolute atomic E-state index is 14.0. The highest BCUT2D eigenvalue weighted by Gasteiger charge is 2.48. The molecule has 2 aromatic heterocycles. The summed E-state index contributed by atoms with van der Waals surface area (Å²) in [6.45, 7) is 0. The van der Waals surface area contributed by atoms with Crippen molar-refractivity contribution in [3.05, 3.63) is 95.1 Å². The van der Waals surface area contributed by atoms with Crippen molar-refractivity contribution in [1.29, 1.82) is 0 Å². The molecule has 1 fully saturated rings. The number of phenolic OH excluding ortho intramolecular Hbond substituents is 1. The van der Waals surface area contributed by atoms with Gasteiger partial charge in [0.05, 0.1) is 18.7 Å². The van der Waals surface area contributed by atoms with Crippen molar-refractivity contribution in [2.75, 3.05) is 12.0 Å². The molecule has 2 N–H and O–H groups in total. The van der Waals surface area contributed by atoms with Crippen LogP contribution in [0.25, 0.3) is 5.76 Å². The second-order valence-corrected chi connectivity index (χ2v) is 10.2. The summed E-state index contributed by atoms with van der Waals surface area (Å²) < 4.78 is 19.7. The molecule has 9 nitrogen and oxygen atoms in total. The van der Waals surface area contributed by atoms with Crippen molar-refractivity contribution < 1.29 is 28.9 Å². The average Bonchev–Trinajstić information content (AvgIpc) is 3.50. The number of pyridine rings is 1. The van der Waals surface area contributed by atoms with Gasteiger partial charge in [0.1, 0.15) is 11.6 Å². The number of hydrogen-bond acceptors (Lipinski definition) is 10. The van der Waals surface area contributed by atoms with E-state index in [0.717, 1.165) is 16.2 Å². The first kappa shape index (κ1) is 25.4. The number of rotatable bonds is 7. The number of aliphatic hydroxyl groups excluding tert-OH is 1. The van der Waals surface area contributed by atoms with Crippen LogP contribution in [-0.4, -0.2) is 44.2 Å². The molecule has 1 saturated heterocycles. The minimum absolute atomic E-state index is 0.119. The van der Waals surface area contributed by atoms with E-state index in [1.807, 2.05) is 0 Å². The molecule has 0 aliphatic carbocycles. The molecule has 5 rings (SSSR count). The average molecular weight is 551 g/mol. The number of Topliss-reactive ketones (excluding diaryl/α,β-unsaturated/α-hetero) is 1. The van der Waals surface area contributed by atoms with Crippen molar-refractivity contribution in [2.24, 2.45) is 0 Å². The maximum Gasteiger partial charge on any atom is 0.301 e. The molecule has 38 heavy (non-hydrogen) atoms. The van der Waals surface area contributed by atoms with E-state index in [0.29, 0.717) is 26.8 Å². The fraction of sp³-hybridized carbons (Fsp3) is 0.115. The van der Waals surface area contributed by atoms with E-state index in [2.05, 4.69) is 15.2 Å². The van der Waals surface area contributed by atoms with E-state index in [4.69, 9.17) is 4.74 Å². The van der Waals surface area contributed by atoms with Gasteiger partial charge in [-0.3, -0.25) is 19.5 Å². The van der Waals surface area contributed by atoms with Gasteiger partial charge in [0, 0.05) is 23.7 Å². The molecule has 12 heteroatoms. The number of aliphatic hydroxyl groups is 1. The number of aromatic nitrogens is 3. The third-order valence-electron chi connectivity index (χ3n) is 5.83. The Morgan fingerprint density at radius 1 is 1.13 bits per heavy atom. The number of phenols is 1. The molecule has 0 spiro atoms. The van der Waals surface area contributed by atoms with Gasteiger partial charge in [-0.15, -0.1) is 10.2 Å². The zero-order chi connectivity index (χ0) is 26.8. The van der Waals surface area contributed by atoms with Gasteiger partial charge in [-0.1, -0.05) is 47.4 Å². The first-order chi connectivity index (χ1) is 18.4. The van der Waals surface area contributed by atoms with Gasteiger partial charge in [0.2, 0.25) is 5.13 Å². The summed E-state index contributed by atoms with van der Waals surface area (Å²) in [5.74, 6) is -2.26. The molecule has 1 unspecified atom stereocenters. The van der Waals surface area contributed by atoms with Crippen molar-refractivity contribution in [1.82, 2.24) is 15.2 Å². The van der Waals surface area contributed by atoms with Crippen LogP contribution in [0.15, 0.2) is 76.9 Å². The Morgan fingerprint density at radius 3 is 2.63 bits per heavy atom. The molecule has 3 heterocycles. The highest BCUT2D eigenvalue weighted by molar-refractivity contribution is 8.00. The van der Waals surface area contributed by atoms with Crippen molar-refractivity contribution in [3.63, 3.8) is 0 Å². The smallest absolute Gasteiger partial charge is 0.301 e. The number of hydrogen-bond donors (Lipinski definition) is 2. The lowest BCUT2D eigenvalue weighted by molar-refractivity contribution is -0.132. The molecule has 1 amide bonds. The molecular weight excluding hydrogens is 531 g/mol. The van der Waals surface area contributed by atoms with Gasteiger partial charge in [0.15, 0.2) is 15.8 Å². The fourth-order valence-corrected chi connectivity index (χ4v) is 5.84. The zero-order valence-electron chi connectivity index (χ0n) is 19.7. The topological polar surface area (TPSA) is 126 Å². The lowest BCUT2D eigenvalue weighted by Gasteiger charge is -2.23. The predicted molar refractivity (Wildman–Crippen MR) is 140 cm³/mol. The van der Waals surface area contributed by atoms with Gasteiger partial charge < -0.3 is 14.9 Å². The second kappa shape index (κ2) is 10.6. The number of aromatic hydroxyl groups is 1. The van der Waals surface area contributed by atoms with E-state index < -0.39 is 17.7 Å². The van der Waals surface area contributed by atoms with Crippen molar-refractivity contribution in [2.45, 2.75) is 16.1 Å². The van der Waals surface area contributed by atoms with Crippen molar-refractivity contribution in [3.8, 4) is 11.5 Å². The van der Waals surface area contributed by atoms with E-state index in [-0.39, 0.29) is 33.8 Å².